The standard InChI is InChI=1S/C16H20N2O/c1-3-11-17-12-14-8-6-10-16(18-14)19-15-9-5-4-7-13(15)2/h4-10,17H,3,11-12H2,1-2H3. The van der Waals surface area contributed by atoms with Crippen LogP contribution in [0.3, 0.4) is 0 Å². The molecule has 1 aromatic carbocycles. The van der Waals surface area contributed by atoms with Crippen molar-refractivity contribution in [3.63, 3.8) is 0 Å². The molecule has 1 N–H and O–H groups in total. The van der Waals surface area contributed by atoms with Crippen molar-refractivity contribution < 1.29 is 4.74 Å². The van der Waals surface area contributed by atoms with E-state index in [0.717, 1.165) is 36.5 Å². The molecule has 0 saturated carbocycles. The molecule has 0 aliphatic rings. The van der Waals surface area contributed by atoms with Crippen LogP contribution < -0.4 is 10.1 Å². The lowest BCUT2D eigenvalue weighted by Gasteiger charge is -2.09. The van der Waals surface area contributed by atoms with Crippen molar-refractivity contribution >= 4 is 0 Å². The average molecular weight is 256 g/mol. The minimum absolute atomic E-state index is 0.644. The first-order valence-corrected chi connectivity index (χ1v) is 6.69. The number of nitrogens with zero attached hydrogens (tertiary/aromatic N) is 1. The summed E-state index contributed by atoms with van der Waals surface area (Å²) in [5.41, 5.74) is 2.11. The van der Waals surface area contributed by atoms with Gasteiger partial charge in [0.25, 0.3) is 0 Å². The fourth-order valence-corrected chi connectivity index (χ4v) is 1.79. The van der Waals surface area contributed by atoms with E-state index in [9.17, 15) is 0 Å². The number of hydrogen-bond donors (Lipinski definition) is 1. The van der Waals surface area contributed by atoms with Gasteiger partial charge in [0.1, 0.15) is 5.75 Å². The van der Waals surface area contributed by atoms with Crippen LogP contribution in [0.2, 0.25) is 0 Å². The van der Waals surface area contributed by atoms with Gasteiger partial charge in [0.15, 0.2) is 0 Å². The highest BCUT2D eigenvalue weighted by Crippen LogP contribution is 2.22. The highest BCUT2D eigenvalue weighted by atomic mass is 16.5. The molecular formula is C16H20N2O. The predicted octanol–water partition coefficient (Wildman–Crippen LogP) is 3.68. The quantitative estimate of drug-likeness (QED) is 0.800. The zero-order valence-corrected chi connectivity index (χ0v) is 11.5. The zero-order chi connectivity index (χ0) is 13.5. The maximum atomic E-state index is 5.82. The number of aromatic nitrogens is 1. The van der Waals surface area contributed by atoms with Crippen LogP contribution in [0.15, 0.2) is 42.5 Å². The van der Waals surface area contributed by atoms with Crippen molar-refractivity contribution in [1.82, 2.24) is 10.3 Å². The van der Waals surface area contributed by atoms with Gasteiger partial charge in [-0.25, -0.2) is 4.98 Å². The zero-order valence-electron chi connectivity index (χ0n) is 11.5. The lowest BCUT2D eigenvalue weighted by atomic mass is 10.2. The first-order chi connectivity index (χ1) is 9.29. The van der Waals surface area contributed by atoms with E-state index in [1.165, 1.54) is 0 Å². The Morgan fingerprint density at radius 2 is 1.95 bits per heavy atom. The normalized spacial score (nSPS) is 10.4. The molecule has 0 aliphatic heterocycles. The van der Waals surface area contributed by atoms with Crippen LogP contribution in [-0.2, 0) is 6.54 Å². The van der Waals surface area contributed by atoms with Gasteiger partial charge in [-0.2, -0.15) is 0 Å². The SMILES string of the molecule is CCCNCc1cccc(Oc2ccccc2C)n1. The number of pyridine rings is 1. The Morgan fingerprint density at radius 3 is 2.74 bits per heavy atom. The lowest BCUT2D eigenvalue weighted by Crippen LogP contribution is -2.14. The van der Waals surface area contributed by atoms with E-state index in [0.29, 0.717) is 5.88 Å². The molecule has 0 atom stereocenters. The number of rotatable bonds is 6. The van der Waals surface area contributed by atoms with E-state index >= 15 is 0 Å². The molecule has 0 aliphatic carbocycles. The molecule has 1 heterocycles. The number of nitrogens with one attached hydrogen (secondary N) is 1. The molecule has 0 unspecified atom stereocenters. The molecule has 100 valence electrons. The Bertz CT molecular complexity index is 526. The van der Waals surface area contributed by atoms with Crippen LogP contribution in [-0.4, -0.2) is 11.5 Å². The molecule has 1 aromatic heterocycles. The maximum Gasteiger partial charge on any atom is 0.219 e. The van der Waals surface area contributed by atoms with Crippen LogP contribution in [0, 0.1) is 6.92 Å². The van der Waals surface area contributed by atoms with Gasteiger partial charge >= 0.3 is 0 Å². The minimum atomic E-state index is 0.644. The lowest BCUT2D eigenvalue weighted by molar-refractivity contribution is 0.456. The van der Waals surface area contributed by atoms with E-state index in [4.69, 9.17) is 4.74 Å². The van der Waals surface area contributed by atoms with Crippen LogP contribution >= 0.6 is 0 Å². The summed E-state index contributed by atoms with van der Waals surface area (Å²) in [7, 11) is 0. The molecule has 0 spiro atoms. The molecular weight excluding hydrogens is 236 g/mol. The molecule has 0 radical (unpaired) electrons. The van der Waals surface area contributed by atoms with Crippen LogP contribution in [0.5, 0.6) is 11.6 Å². The first-order valence-electron chi connectivity index (χ1n) is 6.69. The summed E-state index contributed by atoms with van der Waals surface area (Å²) in [6, 6.07) is 13.8. The van der Waals surface area contributed by atoms with Gasteiger partial charge in [-0.1, -0.05) is 31.2 Å². The Morgan fingerprint density at radius 1 is 1.11 bits per heavy atom. The third-order valence-electron chi connectivity index (χ3n) is 2.82. The van der Waals surface area contributed by atoms with Gasteiger partial charge in [0.05, 0.1) is 5.69 Å². The summed E-state index contributed by atoms with van der Waals surface area (Å²) >= 11 is 0. The van der Waals surface area contributed by atoms with Gasteiger partial charge in [0, 0.05) is 12.6 Å². The molecule has 3 heteroatoms. The Labute approximate surface area is 114 Å². The smallest absolute Gasteiger partial charge is 0.219 e. The van der Waals surface area contributed by atoms with Gasteiger partial charge in [0.2, 0.25) is 5.88 Å². The van der Waals surface area contributed by atoms with Gasteiger partial charge < -0.3 is 10.1 Å². The van der Waals surface area contributed by atoms with Crippen LogP contribution in [0.4, 0.5) is 0 Å². The largest absolute Gasteiger partial charge is 0.439 e. The van der Waals surface area contributed by atoms with E-state index in [-0.39, 0.29) is 0 Å². The highest BCUT2D eigenvalue weighted by Gasteiger charge is 2.02. The number of ether oxygens (including phenoxy) is 1. The molecule has 0 amide bonds. The van der Waals surface area contributed by atoms with Gasteiger partial charge in [-0.3, -0.25) is 0 Å². The summed E-state index contributed by atoms with van der Waals surface area (Å²) in [6.45, 7) is 5.96. The van der Waals surface area contributed by atoms with E-state index in [1.54, 1.807) is 0 Å². The number of aryl methyl sites for hydroxylation is 1. The third kappa shape index (κ3) is 4.07. The Balaban J connectivity index is 2.05. The average Bonchev–Trinajstić information content (AvgIpc) is 2.42. The van der Waals surface area contributed by atoms with Crippen LogP contribution in [0.1, 0.15) is 24.6 Å². The predicted molar refractivity (Wildman–Crippen MR) is 77.5 cm³/mol. The second-order valence-corrected chi connectivity index (χ2v) is 4.51. The number of para-hydroxylation sites is 1. The first kappa shape index (κ1) is 13.6. The summed E-state index contributed by atoms with van der Waals surface area (Å²) < 4.78 is 5.82. The Kier molecular flexibility index (Phi) is 4.93. The molecule has 0 saturated heterocycles. The third-order valence-corrected chi connectivity index (χ3v) is 2.82. The second kappa shape index (κ2) is 6.90. The summed E-state index contributed by atoms with van der Waals surface area (Å²) in [5, 5.41) is 3.34. The van der Waals surface area contributed by atoms with Crippen molar-refractivity contribution in [1.29, 1.82) is 0 Å². The second-order valence-electron chi connectivity index (χ2n) is 4.51. The molecule has 2 aromatic rings. The monoisotopic (exact) mass is 256 g/mol. The topological polar surface area (TPSA) is 34.1 Å². The summed E-state index contributed by atoms with van der Waals surface area (Å²) in [4.78, 5) is 4.50. The van der Waals surface area contributed by atoms with Crippen molar-refractivity contribution in [2.45, 2.75) is 26.8 Å². The van der Waals surface area contributed by atoms with Gasteiger partial charge in [-0.05, 0) is 37.6 Å². The van der Waals surface area contributed by atoms with Crippen molar-refractivity contribution in [3.05, 3.63) is 53.7 Å². The molecule has 0 bridgehead atoms. The van der Waals surface area contributed by atoms with Gasteiger partial charge in [-0.15, -0.1) is 0 Å². The summed E-state index contributed by atoms with van der Waals surface area (Å²) in [5.74, 6) is 1.50. The minimum Gasteiger partial charge on any atom is -0.439 e. The fraction of sp³-hybridized carbons (Fsp3) is 0.312. The fourth-order valence-electron chi connectivity index (χ4n) is 1.79. The molecule has 2 rings (SSSR count). The van der Waals surface area contributed by atoms with Crippen molar-refractivity contribution in [2.24, 2.45) is 0 Å². The number of benzene rings is 1. The Hall–Kier alpha value is -1.87. The molecule has 0 fully saturated rings. The van der Waals surface area contributed by atoms with E-state index < -0.39 is 0 Å². The van der Waals surface area contributed by atoms with Crippen LogP contribution in [0.25, 0.3) is 0 Å². The van der Waals surface area contributed by atoms with Crippen molar-refractivity contribution in [3.8, 4) is 11.6 Å². The van der Waals surface area contributed by atoms with Crippen molar-refractivity contribution in [2.75, 3.05) is 6.54 Å². The summed E-state index contributed by atoms with van der Waals surface area (Å²) in [6.07, 6.45) is 1.12. The highest BCUT2D eigenvalue weighted by molar-refractivity contribution is 5.35. The molecule has 19 heavy (non-hydrogen) atoms. The molecule has 3 nitrogen and oxygen atoms in total. The maximum absolute atomic E-state index is 5.82. The number of hydrogen-bond acceptors (Lipinski definition) is 3. The van der Waals surface area contributed by atoms with E-state index in [2.05, 4.69) is 17.2 Å². The van der Waals surface area contributed by atoms with E-state index in [1.807, 2.05) is 49.4 Å².